The van der Waals surface area contributed by atoms with Crippen molar-refractivity contribution in [1.29, 1.82) is 0 Å². The van der Waals surface area contributed by atoms with Crippen LogP contribution in [0, 0.1) is 10.1 Å². The summed E-state index contributed by atoms with van der Waals surface area (Å²) in [4.78, 5) is 53.5. The zero-order valence-corrected chi connectivity index (χ0v) is 14.1. The number of nitrogens with zero attached hydrogens (tertiary/aromatic N) is 1. The van der Waals surface area contributed by atoms with Crippen molar-refractivity contribution in [3.63, 3.8) is 0 Å². The summed E-state index contributed by atoms with van der Waals surface area (Å²) >= 11 is 0. The Morgan fingerprint density at radius 1 is 0.929 bits per heavy atom. The average Bonchev–Trinajstić information content (AvgIpc) is 2.67. The summed E-state index contributed by atoms with van der Waals surface area (Å²) in [5, 5.41) is 28.8. The van der Waals surface area contributed by atoms with E-state index in [0.29, 0.717) is 5.56 Å². The van der Waals surface area contributed by atoms with E-state index >= 15 is 0 Å². The van der Waals surface area contributed by atoms with Gasteiger partial charge in [-0.25, -0.2) is 19.3 Å². The molecule has 0 aliphatic rings. The van der Waals surface area contributed by atoms with Crippen LogP contribution in [0.3, 0.4) is 0 Å². The van der Waals surface area contributed by atoms with E-state index in [4.69, 9.17) is 19.8 Å². The predicted molar refractivity (Wildman–Crippen MR) is 89.6 cm³/mol. The number of carboxylic acid groups (broad SMARTS) is 2. The van der Waals surface area contributed by atoms with Gasteiger partial charge in [-0.3, -0.25) is 10.1 Å². The third-order valence-corrected chi connectivity index (χ3v) is 3.45. The van der Waals surface area contributed by atoms with Gasteiger partial charge in [0.25, 0.3) is 5.69 Å². The van der Waals surface area contributed by atoms with Gasteiger partial charge in [0, 0.05) is 12.1 Å². The maximum absolute atomic E-state index is 12.0. The largest absolute Gasteiger partial charge is 0.478 e. The van der Waals surface area contributed by atoms with Crippen LogP contribution in [0.1, 0.15) is 36.6 Å². The van der Waals surface area contributed by atoms with Crippen LogP contribution in [-0.2, 0) is 21.1 Å². The molecule has 11 heteroatoms. The summed E-state index contributed by atoms with van der Waals surface area (Å²) in [6, 6.07) is 8.68. The lowest BCUT2D eigenvalue weighted by molar-refractivity contribution is -0.384. The lowest BCUT2D eigenvalue weighted by Gasteiger charge is -2.08. The van der Waals surface area contributed by atoms with E-state index in [2.05, 4.69) is 4.89 Å². The van der Waals surface area contributed by atoms with Gasteiger partial charge in [-0.2, -0.15) is 4.89 Å². The number of ether oxygens (including phenoxy) is 1. The van der Waals surface area contributed by atoms with Crippen molar-refractivity contribution in [3.8, 4) is 0 Å². The van der Waals surface area contributed by atoms with Gasteiger partial charge in [-0.1, -0.05) is 18.2 Å². The Morgan fingerprint density at radius 2 is 1.61 bits per heavy atom. The van der Waals surface area contributed by atoms with Crippen LogP contribution in [0.2, 0.25) is 0 Å². The number of hydrogen-bond donors (Lipinski definition) is 2. The zero-order valence-electron chi connectivity index (χ0n) is 14.1. The Balaban J connectivity index is 1.92. The molecular weight excluding hydrogens is 378 g/mol. The first-order valence-electron chi connectivity index (χ1n) is 7.55. The summed E-state index contributed by atoms with van der Waals surface area (Å²) in [7, 11) is 0. The van der Waals surface area contributed by atoms with Crippen LogP contribution in [0.15, 0.2) is 42.5 Å². The second-order valence-corrected chi connectivity index (χ2v) is 5.18. The van der Waals surface area contributed by atoms with Crippen molar-refractivity contribution >= 4 is 23.6 Å². The summed E-state index contributed by atoms with van der Waals surface area (Å²) in [6.45, 7) is -0.956. The van der Waals surface area contributed by atoms with Gasteiger partial charge < -0.3 is 14.9 Å². The molecule has 0 fully saturated rings. The SMILES string of the molecule is O=C(O)c1ccccc1COOCOC(=O)c1ccc([N+](=O)[O-])cc1C(=O)O. The molecule has 0 aromatic heterocycles. The third-order valence-electron chi connectivity index (χ3n) is 3.45. The first-order valence-corrected chi connectivity index (χ1v) is 7.55. The molecule has 0 amide bonds. The van der Waals surface area contributed by atoms with Crippen molar-refractivity contribution in [3.05, 3.63) is 74.8 Å². The van der Waals surface area contributed by atoms with Gasteiger partial charge in [0.05, 0.1) is 21.6 Å². The summed E-state index contributed by atoms with van der Waals surface area (Å²) in [5.41, 5.74) is -1.16. The number of nitro groups is 1. The molecule has 2 aromatic rings. The molecular formula is C17H13NO10. The molecule has 0 aliphatic heterocycles. The molecule has 0 atom stereocenters. The van der Waals surface area contributed by atoms with E-state index in [0.717, 1.165) is 18.2 Å². The standard InChI is InChI=1S/C17H13NO10/c19-15(20)12-4-2-1-3-10(12)8-27-28-9-26-17(23)13-6-5-11(18(24)25)7-14(13)16(21)22/h1-7H,8-9H2,(H,19,20)(H,21,22). The first kappa shape index (κ1) is 20.5. The highest BCUT2D eigenvalue weighted by molar-refractivity contribution is 6.02. The molecule has 2 rings (SSSR count). The molecule has 28 heavy (non-hydrogen) atoms. The maximum atomic E-state index is 12.0. The monoisotopic (exact) mass is 391 g/mol. The molecule has 0 bridgehead atoms. The topological polar surface area (TPSA) is 162 Å². The fourth-order valence-electron chi connectivity index (χ4n) is 2.15. The minimum Gasteiger partial charge on any atom is -0.478 e. The van der Waals surface area contributed by atoms with Crippen LogP contribution in [-0.4, -0.2) is 39.8 Å². The van der Waals surface area contributed by atoms with Crippen molar-refractivity contribution in [2.24, 2.45) is 0 Å². The highest BCUT2D eigenvalue weighted by atomic mass is 17.2. The van der Waals surface area contributed by atoms with Gasteiger partial charge in [0.15, 0.2) is 0 Å². The van der Waals surface area contributed by atoms with Crippen LogP contribution >= 0.6 is 0 Å². The van der Waals surface area contributed by atoms with Crippen molar-refractivity contribution in [1.82, 2.24) is 0 Å². The molecule has 11 nitrogen and oxygen atoms in total. The van der Waals surface area contributed by atoms with Crippen LogP contribution < -0.4 is 0 Å². The lowest BCUT2D eigenvalue weighted by atomic mass is 10.1. The van der Waals surface area contributed by atoms with E-state index in [9.17, 15) is 24.5 Å². The molecule has 0 saturated heterocycles. The molecule has 0 saturated carbocycles. The fourth-order valence-corrected chi connectivity index (χ4v) is 2.15. The second kappa shape index (κ2) is 9.21. The summed E-state index contributed by atoms with van der Waals surface area (Å²) in [6.07, 6.45) is 0. The van der Waals surface area contributed by atoms with Crippen molar-refractivity contribution in [2.45, 2.75) is 6.61 Å². The quantitative estimate of drug-likeness (QED) is 0.162. The van der Waals surface area contributed by atoms with E-state index in [1.165, 1.54) is 12.1 Å². The molecule has 146 valence electrons. The number of hydrogen-bond acceptors (Lipinski definition) is 8. The first-order chi connectivity index (χ1) is 13.3. The van der Waals surface area contributed by atoms with Crippen LogP contribution in [0.4, 0.5) is 5.69 Å². The number of aromatic carboxylic acids is 2. The number of nitro benzene ring substituents is 1. The van der Waals surface area contributed by atoms with E-state index in [1.807, 2.05) is 0 Å². The Hall–Kier alpha value is -3.83. The Bertz CT molecular complexity index is 924. The number of benzene rings is 2. The minimum atomic E-state index is -1.54. The number of non-ortho nitro benzene ring substituents is 1. The molecule has 0 radical (unpaired) electrons. The molecule has 2 aromatic carbocycles. The zero-order chi connectivity index (χ0) is 20.7. The van der Waals surface area contributed by atoms with Gasteiger partial charge in [-0.05, 0) is 17.7 Å². The van der Waals surface area contributed by atoms with Crippen molar-refractivity contribution in [2.75, 3.05) is 6.79 Å². The van der Waals surface area contributed by atoms with Crippen LogP contribution in [0.5, 0.6) is 0 Å². The molecule has 2 N–H and O–H groups in total. The van der Waals surface area contributed by atoms with Gasteiger partial charge >= 0.3 is 17.9 Å². The van der Waals surface area contributed by atoms with E-state index in [-0.39, 0.29) is 12.2 Å². The van der Waals surface area contributed by atoms with Gasteiger partial charge in [-0.15, -0.1) is 0 Å². The lowest BCUT2D eigenvalue weighted by Crippen LogP contribution is -2.14. The number of carboxylic acids is 2. The molecule has 0 aliphatic carbocycles. The minimum absolute atomic E-state index is 0.0140. The fraction of sp³-hybridized carbons (Fsp3) is 0.118. The number of carbonyl (C=O) groups excluding carboxylic acids is 1. The smallest absolute Gasteiger partial charge is 0.341 e. The van der Waals surface area contributed by atoms with E-state index in [1.54, 1.807) is 12.1 Å². The maximum Gasteiger partial charge on any atom is 0.341 e. The highest BCUT2D eigenvalue weighted by Crippen LogP contribution is 2.19. The Morgan fingerprint density at radius 3 is 2.25 bits per heavy atom. The molecule has 0 spiro atoms. The summed E-state index contributed by atoms with van der Waals surface area (Å²) < 4.78 is 4.70. The number of esters is 1. The highest BCUT2D eigenvalue weighted by Gasteiger charge is 2.21. The Kier molecular flexibility index (Phi) is 6.73. The Labute approximate surface area is 156 Å². The van der Waals surface area contributed by atoms with E-state index < -0.39 is 46.4 Å². The van der Waals surface area contributed by atoms with Crippen molar-refractivity contribution < 1.29 is 44.0 Å². The number of rotatable bonds is 9. The predicted octanol–water partition coefficient (Wildman–Crippen LogP) is 2.25. The normalized spacial score (nSPS) is 10.3. The van der Waals surface area contributed by atoms with Gasteiger partial charge in [0.2, 0.25) is 6.79 Å². The molecule has 0 heterocycles. The van der Waals surface area contributed by atoms with Crippen LogP contribution in [0.25, 0.3) is 0 Å². The average molecular weight is 391 g/mol. The summed E-state index contributed by atoms with van der Waals surface area (Å²) in [5.74, 6) is -3.79. The number of carbonyl (C=O) groups is 3. The second-order valence-electron chi connectivity index (χ2n) is 5.18. The third kappa shape index (κ3) is 5.09. The van der Waals surface area contributed by atoms with Gasteiger partial charge in [0.1, 0.15) is 6.61 Å². The molecule has 0 unspecified atom stereocenters.